The number of aliphatic hydroxyl groups is 1. The van der Waals surface area contributed by atoms with Gasteiger partial charge in [-0.05, 0) is 18.2 Å². The van der Waals surface area contributed by atoms with Crippen LogP contribution in [0.1, 0.15) is 0 Å². The Labute approximate surface area is 76.0 Å². The molecule has 66 valence electrons. The largest absolute Gasteiger partial charge is 0.516 e. The van der Waals surface area contributed by atoms with Crippen molar-refractivity contribution >= 4 is 11.0 Å². The number of fused-ring (bicyclic) bond motifs is 1. The van der Waals surface area contributed by atoms with E-state index in [4.69, 9.17) is 5.11 Å². The Kier molecular flexibility index (Phi) is 2.00. The van der Waals surface area contributed by atoms with Crippen LogP contribution in [0, 0.1) is 0 Å². The van der Waals surface area contributed by atoms with Crippen LogP contribution in [-0.2, 0) is 6.54 Å². The fourth-order valence-corrected chi connectivity index (χ4v) is 1.32. The van der Waals surface area contributed by atoms with Gasteiger partial charge in [-0.25, -0.2) is 4.98 Å². The fourth-order valence-electron chi connectivity index (χ4n) is 1.32. The Morgan fingerprint density at radius 3 is 3.08 bits per heavy atom. The molecular weight excluding hydrogens is 164 g/mol. The van der Waals surface area contributed by atoms with Gasteiger partial charge in [0.1, 0.15) is 0 Å². The van der Waals surface area contributed by atoms with Gasteiger partial charge in [-0.1, -0.05) is 12.1 Å². The summed E-state index contributed by atoms with van der Waals surface area (Å²) in [5, 5.41) is 8.52. The number of rotatable bonds is 2. The summed E-state index contributed by atoms with van der Waals surface area (Å²) in [6.07, 6.45) is 4.49. The number of hydrogen-bond acceptors (Lipinski definition) is 2. The SMILES string of the molecule is OC=CCn1cnc2ccccc21. The molecule has 1 heterocycles. The van der Waals surface area contributed by atoms with Crippen LogP contribution < -0.4 is 0 Å². The molecule has 2 rings (SSSR count). The molecule has 0 atom stereocenters. The standard InChI is InChI=1S/C10H10N2O/c13-7-3-6-12-8-11-9-4-1-2-5-10(9)12/h1-5,7-8,13H,6H2. The first-order valence-corrected chi connectivity index (χ1v) is 4.11. The summed E-state index contributed by atoms with van der Waals surface area (Å²) >= 11 is 0. The van der Waals surface area contributed by atoms with Crippen LogP contribution in [0.2, 0.25) is 0 Å². The van der Waals surface area contributed by atoms with Crippen molar-refractivity contribution in [3.8, 4) is 0 Å². The van der Waals surface area contributed by atoms with E-state index in [1.165, 1.54) is 0 Å². The highest BCUT2D eigenvalue weighted by Gasteiger charge is 1.97. The first-order chi connectivity index (χ1) is 6.42. The second-order valence-corrected chi connectivity index (χ2v) is 2.77. The quantitative estimate of drug-likeness (QED) is 0.708. The van der Waals surface area contributed by atoms with Crippen molar-refractivity contribution in [3.63, 3.8) is 0 Å². The van der Waals surface area contributed by atoms with Crippen LogP contribution in [0.5, 0.6) is 0 Å². The van der Waals surface area contributed by atoms with Gasteiger partial charge in [0.15, 0.2) is 0 Å². The molecule has 3 heteroatoms. The van der Waals surface area contributed by atoms with Crippen molar-refractivity contribution in [1.29, 1.82) is 0 Å². The van der Waals surface area contributed by atoms with Crippen LogP contribution in [0.3, 0.4) is 0 Å². The lowest BCUT2D eigenvalue weighted by Gasteiger charge is -1.97. The smallest absolute Gasteiger partial charge is 0.0961 e. The van der Waals surface area contributed by atoms with Gasteiger partial charge in [-0.15, -0.1) is 0 Å². The Bertz CT molecular complexity index is 431. The second-order valence-electron chi connectivity index (χ2n) is 2.77. The summed E-state index contributed by atoms with van der Waals surface area (Å²) in [5.74, 6) is 0. The number of aromatic nitrogens is 2. The molecule has 0 radical (unpaired) electrons. The first-order valence-electron chi connectivity index (χ1n) is 4.11. The Hall–Kier alpha value is -1.77. The zero-order chi connectivity index (χ0) is 9.10. The molecular formula is C10H10N2O. The minimum absolute atomic E-state index is 0.650. The molecule has 0 aliphatic rings. The summed E-state index contributed by atoms with van der Waals surface area (Å²) in [4.78, 5) is 4.22. The summed E-state index contributed by atoms with van der Waals surface area (Å²) in [6, 6.07) is 7.91. The van der Waals surface area contributed by atoms with Crippen LogP contribution >= 0.6 is 0 Å². The van der Waals surface area contributed by atoms with Gasteiger partial charge in [0.05, 0.1) is 23.6 Å². The van der Waals surface area contributed by atoms with E-state index >= 15 is 0 Å². The molecule has 0 aliphatic heterocycles. The molecule has 0 amide bonds. The van der Waals surface area contributed by atoms with Gasteiger partial charge in [0.25, 0.3) is 0 Å². The topological polar surface area (TPSA) is 38.0 Å². The third-order valence-electron chi connectivity index (χ3n) is 1.93. The number of hydrogen-bond donors (Lipinski definition) is 1. The highest BCUT2D eigenvalue weighted by molar-refractivity contribution is 5.74. The van der Waals surface area contributed by atoms with Crippen LogP contribution in [-0.4, -0.2) is 14.7 Å². The molecule has 0 bridgehead atoms. The maximum absolute atomic E-state index is 8.52. The molecule has 1 aromatic carbocycles. The third-order valence-corrected chi connectivity index (χ3v) is 1.93. The molecule has 0 spiro atoms. The zero-order valence-corrected chi connectivity index (χ0v) is 7.09. The highest BCUT2D eigenvalue weighted by Crippen LogP contribution is 2.11. The van der Waals surface area contributed by atoms with E-state index in [-0.39, 0.29) is 0 Å². The molecule has 0 unspecified atom stereocenters. The van der Waals surface area contributed by atoms with E-state index in [1.54, 1.807) is 12.4 Å². The normalized spacial score (nSPS) is 11.4. The average Bonchev–Trinajstić information content (AvgIpc) is 2.58. The number of imidazole rings is 1. The Balaban J connectivity index is 2.45. The van der Waals surface area contributed by atoms with Crippen LogP contribution in [0.15, 0.2) is 42.9 Å². The summed E-state index contributed by atoms with van der Waals surface area (Å²) in [5.41, 5.74) is 2.06. The van der Waals surface area contributed by atoms with Crippen molar-refractivity contribution in [3.05, 3.63) is 42.9 Å². The Morgan fingerprint density at radius 2 is 2.23 bits per heavy atom. The molecule has 13 heavy (non-hydrogen) atoms. The highest BCUT2D eigenvalue weighted by atomic mass is 16.2. The predicted octanol–water partition coefficient (Wildman–Crippen LogP) is 2.11. The van der Waals surface area contributed by atoms with Crippen LogP contribution in [0.25, 0.3) is 11.0 Å². The average molecular weight is 174 g/mol. The lowest BCUT2D eigenvalue weighted by molar-refractivity contribution is 0.469. The van der Waals surface area contributed by atoms with Crippen molar-refractivity contribution < 1.29 is 5.11 Å². The van der Waals surface area contributed by atoms with E-state index in [9.17, 15) is 0 Å². The van der Waals surface area contributed by atoms with Crippen molar-refractivity contribution in [2.75, 3.05) is 0 Å². The second kappa shape index (κ2) is 3.31. The summed E-state index contributed by atoms with van der Waals surface area (Å²) < 4.78 is 1.97. The molecule has 0 saturated carbocycles. The molecule has 1 aromatic heterocycles. The monoisotopic (exact) mass is 174 g/mol. The molecule has 2 aromatic rings. The first kappa shape index (κ1) is 7.86. The van der Waals surface area contributed by atoms with Gasteiger partial charge in [0, 0.05) is 6.54 Å². The minimum atomic E-state index is 0.650. The third kappa shape index (κ3) is 1.40. The van der Waals surface area contributed by atoms with E-state index in [0.29, 0.717) is 6.54 Å². The Morgan fingerprint density at radius 1 is 1.38 bits per heavy atom. The van der Waals surface area contributed by atoms with Crippen molar-refractivity contribution in [2.45, 2.75) is 6.54 Å². The number of allylic oxidation sites excluding steroid dienone is 1. The van der Waals surface area contributed by atoms with E-state index in [0.717, 1.165) is 17.3 Å². The molecule has 1 N–H and O–H groups in total. The lowest BCUT2D eigenvalue weighted by Crippen LogP contribution is -1.91. The van der Waals surface area contributed by atoms with Gasteiger partial charge >= 0.3 is 0 Å². The maximum Gasteiger partial charge on any atom is 0.0961 e. The van der Waals surface area contributed by atoms with E-state index in [2.05, 4.69) is 4.98 Å². The number of para-hydroxylation sites is 2. The van der Waals surface area contributed by atoms with Gasteiger partial charge < -0.3 is 9.67 Å². The van der Waals surface area contributed by atoms with Crippen LogP contribution in [0.4, 0.5) is 0 Å². The molecule has 0 saturated heterocycles. The molecule has 0 fully saturated rings. The molecule has 0 aliphatic carbocycles. The van der Waals surface area contributed by atoms with Gasteiger partial charge in [-0.2, -0.15) is 0 Å². The minimum Gasteiger partial charge on any atom is -0.516 e. The van der Waals surface area contributed by atoms with E-state index < -0.39 is 0 Å². The summed E-state index contributed by atoms with van der Waals surface area (Å²) in [7, 11) is 0. The van der Waals surface area contributed by atoms with E-state index in [1.807, 2.05) is 28.8 Å². The molecule has 3 nitrogen and oxygen atoms in total. The number of aliphatic hydroxyl groups excluding tert-OH is 1. The summed E-state index contributed by atoms with van der Waals surface area (Å²) in [6.45, 7) is 0.650. The lowest BCUT2D eigenvalue weighted by atomic mass is 10.3. The maximum atomic E-state index is 8.52. The van der Waals surface area contributed by atoms with Crippen molar-refractivity contribution in [2.24, 2.45) is 0 Å². The van der Waals surface area contributed by atoms with Gasteiger partial charge in [-0.3, -0.25) is 0 Å². The fraction of sp³-hybridized carbons (Fsp3) is 0.100. The number of benzene rings is 1. The van der Waals surface area contributed by atoms with Gasteiger partial charge in [0.2, 0.25) is 0 Å². The van der Waals surface area contributed by atoms with Crippen molar-refractivity contribution in [1.82, 2.24) is 9.55 Å². The zero-order valence-electron chi connectivity index (χ0n) is 7.09. The predicted molar refractivity (Wildman–Crippen MR) is 51.5 cm³/mol. The number of nitrogens with zero attached hydrogens (tertiary/aromatic N) is 2.